The first-order chi connectivity index (χ1) is 6.33. The lowest BCUT2D eigenvalue weighted by molar-refractivity contribution is 0.203. The molecule has 13 heavy (non-hydrogen) atoms. The van der Waals surface area contributed by atoms with E-state index in [1.54, 1.807) is 16.7 Å². The molecule has 0 saturated heterocycles. The largest absolute Gasteiger partial charge is 0.394 e. The van der Waals surface area contributed by atoms with Crippen LogP contribution in [0.15, 0.2) is 23.0 Å². The van der Waals surface area contributed by atoms with Crippen molar-refractivity contribution in [2.45, 2.75) is 25.3 Å². The number of pyridine rings is 1. The molecule has 0 aromatic carbocycles. The van der Waals surface area contributed by atoms with Crippen molar-refractivity contribution in [1.82, 2.24) is 4.57 Å². The van der Waals surface area contributed by atoms with Gasteiger partial charge in [-0.2, -0.15) is 0 Å². The van der Waals surface area contributed by atoms with Crippen molar-refractivity contribution < 1.29 is 5.11 Å². The minimum Gasteiger partial charge on any atom is -0.394 e. The van der Waals surface area contributed by atoms with E-state index in [2.05, 4.69) is 0 Å². The van der Waals surface area contributed by atoms with Crippen LogP contribution in [0.5, 0.6) is 0 Å². The Morgan fingerprint density at radius 3 is 3.15 bits per heavy atom. The van der Waals surface area contributed by atoms with Gasteiger partial charge in [0.25, 0.3) is 5.56 Å². The predicted octanol–water partition coefficient (Wildman–Crippen LogP) is 0.718. The molecular formula is C10H13NO2. The van der Waals surface area contributed by atoms with Crippen molar-refractivity contribution in [3.63, 3.8) is 0 Å². The quantitative estimate of drug-likeness (QED) is 0.690. The number of hydrogen-bond acceptors (Lipinski definition) is 2. The maximum Gasteiger partial charge on any atom is 0.251 e. The van der Waals surface area contributed by atoms with E-state index in [0.29, 0.717) is 0 Å². The lowest BCUT2D eigenvalue weighted by atomic mass is 10.0. The number of hydrogen-bond donors (Lipinski definition) is 1. The van der Waals surface area contributed by atoms with E-state index in [-0.39, 0.29) is 18.2 Å². The van der Waals surface area contributed by atoms with Gasteiger partial charge in [-0.1, -0.05) is 6.07 Å². The number of aliphatic hydroxyl groups excluding tert-OH is 1. The summed E-state index contributed by atoms with van der Waals surface area (Å²) >= 11 is 0. The van der Waals surface area contributed by atoms with Crippen LogP contribution in [-0.2, 0) is 6.42 Å². The van der Waals surface area contributed by atoms with Crippen LogP contribution in [0.25, 0.3) is 0 Å². The van der Waals surface area contributed by atoms with Crippen LogP contribution in [0.1, 0.15) is 24.6 Å². The van der Waals surface area contributed by atoms with Gasteiger partial charge in [0.15, 0.2) is 0 Å². The van der Waals surface area contributed by atoms with Gasteiger partial charge in [0, 0.05) is 11.8 Å². The molecule has 2 heterocycles. The number of aryl methyl sites for hydroxylation is 1. The van der Waals surface area contributed by atoms with E-state index in [1.165, 1.54) is 0 Å². The second-order valence-electron chi connectivity index (χ2n) is 3.45. The summed E-state index contributed by atoms with van der Waals surface area (Å²) in [5.74, 6) is 0. The van der Waals surface area contributed by atoms with E-state index >= 15 is 0 Å². The summed E-state index contributed by atoms with van der Waals surface area (Å²) in [7, 11) is 0. The van der Waals surface area contributed by atoms with Crippen LogP contribution in [0.2, 0.25) is 0 Å². The highest BCUT2D eigenvalue weighted by atomic mass is 16.3. The van der Waals surface area contributed by atoms with Crippen LogP contribution in [0.4, 0.5) is 0 Å². The fourth-order valence-electron chi connectivity index (χ4n) is 1.98. The Morgan fingerprint density at radius 1 is 1.54 bits per heavy atom. The molecule has 3 nitrogen and oxygen atoms in total. The van der Waals surface area contributed by atoms with Crippen molar-refractivity contribution in [3.8, 4) is 0 Å². The zero-order chi connectivity index (χ0) is 9.26. The maximum atomic E-state index is 11.5. The first kappa shape index (κ1) is 8.51. The van der Waals surface area contributed by atoms with Crippen molar-refractivity contribution in [3.05, 3.63) is 34.2 Å². The minimum absolute atomic E-state index is 0.00236. The Hall–Kier alpha value is -1.09. The molecular weight excluding hydrogens is 166 g/mol. The fraction of sp³-hybridized carbons (Fsp3) is 0.500. The smallest absolute Gasteiger partial charge is 0.251 e. The number of rotatable bonds is 1. The monoisotopic (exact) mass is 179 g/mol. The molecule has 1 aliphatic rings. The third-order valence-electron chi connectivity index (χ3n) is 2.62. The molecule has 1 aliphatic heterocycles. The van der Waals surface area contributed by atoms with E-state index < -0.39 is 0 Å². The lowest BCUT2D eigenvalue weighted by Crippen LogP contribution is -2.31. The van der Waals surface area contributed by atoms with Crippen molar-refractivity contribution in [1.29, 1.82) is 0 Å². The molecule has 1 atom stereocenters. The molecule has 0 fully saturated rings. The van der Waals surface area contributed by atoms with Gasteiger partial charge in [-0.05, 0) is 25.3 Å². The highest BCUT2D eigenvalue weighted by molar-refractivity contribution is 5.10. The molecule has 1 N–H and O–H groups in total. The zero-order valence-electron chi connectivity index (χ0n) is 7.44. The third-order valence-corrected chi connectivity index (χ3v) is 2.62. The molecule has 0 saturated carbocycles. The molecule has 2 rings (SSSR count). The molecule has 1 aromatic heterocycles. The molecule has 70 valence electrons. The van der Waals surface area contributed by atoms with Crippen LogP contribution in [0, 0.1) is 0 Å². The van der Waals surface area contributed by atoms with Crippen molar-refractivity contribution in [2.24, 2.45) is 0 Å². The Labute approximate surface area is 76.6 Å². The molecule has 0 spiro atoms. The molecule has 1 aromatic rings. The lowest BCUT2D eigenvalue weighted by Gasteiger charge is -2.25. The van der Waals surface area contributed by atoms with E-state index in [0.717, 1.165) is 25.0 Å². The second-order valence-corrected chi connectivity index (χ2v) is 3.45. The molecule has 0 bridgehead atoms. The number of aromatic nitrogens is 1. The SMILES string of the molecule is O=c1cccc2n1[C@H](CO)CCC2. The average molecular weight is 179 g/mol. The Balaban J connectivity index is 2.53. The maximum absolute atomic E-state index is 11.5. The first-order valence-electron chi connectivity index (χ1n) is 4.64. The Kier molecular flexibility index (Phi) is 2.19. The van der Waals surface area contributed by atoms with Gasteiger partial charge >= 0.3 is 0 Å². The summed E-state index contributed by atoms with van der Waals surface area (Å²) in [6.45, 7) is 0.0664. The highest BCUT2D eigenvalue weighted by Gasteiger charge is 2.18. The summed E-state index contributed by atoms with van der Waals surface area (Å²) < 4.78 is 1.73. The normalized spacial score (nSPS) is 21.2. The van der Waals surface area contributed by atoms with Gasteiger partial charge in [-0.25, -0.2) is 0 Å². The summed E-state index contributed by atoms with van der Waals surface area (Å²) in [6.07, 6.45) is 2.93. The van der Waals surface area contributed by atoms with Gasteiger partial charge in [0.2, 0.25) is 0 Å². The van der Waals surface area contributed by atoms with Gasteiger partial charge in [-0.3, -0.25) is 4.79 Å². The second kappa shape index (κ2) is 3.34. The molecule has 0 amide bonds. The summed E-state index contributed by atoms with van der Waals surface area (Å²) in [6, 6.07) is 5.30. The van der Waals surface area contributed by atoms with E-state index in [9.17, 15) is 4.79 Å². The third kappa shape index (κ3) is 1.40. The van der Waals surface area contributed by atoms with Crippen LogP contribution < -0.4 is 5.56 Å². The number of nitrogens with zero attached hydrogens (tertiary/aromatic N) is 1. The molecule has 0 radical (unpaired) electrons. The highest BCUT2D eigenvalue weighted by Crippen LogP contribution is 2.21. The Morgan fingerprint density at radius 2 is 2.38 bits per heavy atom. The zero-order valence-corrected chi connectivity index (χ0v) is 7.44. The van der Waals surface area contributed by atoms with Gasteiger partial charge < -0.3 is 9.67 Å². The summed E-state index contributed by atoms with van der Waals surface area (Å²) in [5, 5.41) is 9.10. The van der Waals surface area contributed by atoms with Crippen molar-refractivity contribution in [2.75, 3.05) is 6.61 Å². The Bertz CT molecular complexity index is 356. The topological polar surface area (TPSA) is 42.2 Å². The van der Waals surface area contributed by atoms with Crippen LogP contribution in [-0.4, -0.2) is 16.3 Å². The minimum atomic E-state index is -0.00236. The number of fused-ring (bicyclic) bond motifs is 1. The molecule has 0 unspecified atom stereocenters. The van der Waals surface area contributed by atoms with Crippen LogP contribution >= 0.6 is 0 Å². The average Bonchev–Trinajstić information content (AvgIpc) is 2.17. The van der Waals surface area contributed by atoms with Gasteiger partial charge in [0.05, 0.1) is 12.6 Å². The summed E-state index contributed by atoms with van der Waals surface area (Å²) in [4.78, 5) is 11.5. The number of aliphatic hydroxyl groups is 1. The fourth-order valence-corrected chi connectivity index (χ4v) is 1.98. The molecule has 0 aliphatic carbocycles. The summed E-state index contributed by atoms with van der Waals surface area (Å²) in [5.41, 5.74) is 1.06. The molecule has 3 heteroatoms. The van der Waals surface area contributed by atoms with E-state index in [4.69, 9.17) is 5.11 Å². The standard InChI is InChI=1S/C10H13NO2/c12-7-9-5-1-3-8-4-2-6-10(13)11(8)9/h2,4,6,9,12H,1,3,5,7H2/t9-/m0/s1. The predicted molar refractivity (Wildman–Crippen MR) is 49.8 cm³/mol. The van der Waals surface area contributed by atoms with E-state index in [1.807, 2.05) is 6.07 Å². The van der Waals surface area contributed by atoms with Crippen molar-refractivity contribution >= 4 is 0 Å². The first-order valence-corrected chi connectivity index (χ1v) is 4.64. The van der Waals surface area contributed by atoms with Gasteiger partial charge in [0.1, 0.15) is 0 Å². The van der Waals surface area contributed by atoms with Gasteiger partial charge in [-0.15, -0.1) is 0 Å². The van der Waals surface area contributed by atoms with Crippen LogP contribution in [0.3, 0.4) is 0 Å².